The van der Waals surface area contributed by atoms with Crippen molar-refractivity contribution in [1.29, 1.82) is 0 Å². The molecule has 4 rings (SSSR count). The molecule has 1 aliphatic carbocycles. The number of alkyl halides is 3. The number of fused-ring (bicyclic) bond motifs is 1. The van der Waals surface area contributed by atoms with Crippen LogP contribution in [-0.4, -0.2) is 55.1 Å². The van der Waals surface area contributed by atoms with Gasteiger partial charge in [0.25, 0.3) is 5.91 Å². The second-order valence-electron chi connectivity index (χ2n) is 10.5. The van der Waals surface area contributed by atoms with Gasteiger partial charge in [-0.25, -0.2) is 0 Å². The second-order valence-corrected chi connectivity index (χ2v) is 10.5. The van der Waals surface area contributed by atoms with E-state index in [2.05, 4.69) is 16.6 Å². The van der Waals surface area contributed by atoms with E-state index in [9.17, 15) is 22.8 Å². The summed E-state index contributed by atoms with van der Waals surface area (Å²) < 4.78 is 55.9. The lowest BCUT2D eigenvalue weighted by Crippen LogP contribution is -2.70. The number of hydrogen-bond donors (Lipinski definition) is 1. The fourth-order valence-corrected chi connectivity index (χ4v) is 6.32. The molecule has 1 heterocycles. The molecule has 10 heteroatoms. The summed E-state index contributed by atoms with van der Waals surface area (Å²) >= 11 is 0. The molecule has 1 aliphatic heterocycles. The number of carbonyl (C=O) groups excluding carboxylic acids is 2. The fourth-order valence-electron chi connectivity index (χ4n) is 6.32. The Bertz CT molecular complexity index is 1280. The van der Waals surface area contributed by atoms with Crippen molar-refractivity contribution in [3.8, 4) is 5.75 Å². The Morgan fingerprint density at radius 2 is 1.85 bits per heavy atom. The molecule has 0 radical (unpaired) electrons. The molecule has 3 atom stereocenters. The van der Waals surface area contributed by atoms with Gasteiger partial charge in [0.2, 0.25) is 0 Å². The summed E-state index contributed by atoms with van der Waals surface area (Å²) in [7, 11) is 1.67. The predicted molar refractivity (Wildman–Crippen MR) is 148 cm³/mol. The third kappa shape index (κ3) is 6.82. The van der Waals surface area contributed by atoms with E-state index in [4.69, 9.17) is 9.47 Å². The van der Waals surface area contributed by atoms with Crippen molar-refractivity contribution in [2.24, 2.45) is 0 Å². The van der Waals surface area contributed by atoms with Gasteiger partial charge in [-0.2, -0.15) is 0 Å². The first-order valence-electron chi connectivity index (χ1n) is 13.5. The number of piperidine rings is 1. The standard InChI is InChI=1S/C31H35F3N2O5/c1-4-17-36-21-30(39-3)16-9-8-15-29(30,24-13-10-14-25(19-24)40-22(2)37)20-27(36)35-28(38)26(41-31(32,33)34)18-23-11-6-5-7-12-23/h4-7,10-14,18-19,27H,1,8-9,15-17,20-21H2,2-3H3,(H,35,38)/t27-,29-,30?/m0/s1. The van der Waals surface area contributed by atoms with Crippen molar-refractivity contribution in [2.45, 2.75) is 62.6 Å². The molecule has 1 unspecified atom stereocenters. The summed E-state index contributed by atoms with van der Waals surface area (Å²) in [6.45, 7) is 5.95. The molecule has 0 aromatic heterocycles. The van der Waals surface area contributed by atoms with E-state index in [0.29, 0.717) is 37.2 Å². The van der Waals surface area contributed by atoms with Gasteiger partial charge in [0.05, 0.1) is 11.8 Å². The number of hydrogen-bond acceptors (Lipinski definition) is 6. The van der Waals surface area contributed by atoms with Crippen molar-refractivity contribution in [2.75, 3.05) is 20.2 Å². The molecular weight excluding hydrogens is 537 g/mol. The lowest BCUT2D eigenvalue weighted by Gasteiger charge is -2.60. The summed E-state index contributed by atoms with van der Waals surface area (Å²) in [5.41, 5.74) is -0.0185. The number of methoxy groups -OCH3 is 1. The highest BCUT2D eigenvalue weighted by molar-refractivity contribution is 5.96. The summed E-state index contributed by atoms with van der Waals surface area (Å²) in [5, 5.41) is 2.82. The van der Waals surface area contributed by atoms with Crippen molar-refractivity contribution in [3.05, 3.63) is 84.1 Å². The SMILES string of the molecule is C=CCN1CC2(OC)CCCC[C@@]2(c2cccc(OC(C)=O)c2)C[C@H]1NC(=O)C(=Cc1ccccc1)OC(F)(F)F. The number of carbonyl (C=O) groups is 2. The molecule has 1 amide bonds. The molecule has 1 saturated carbocycles. The Morgan fingerprint density at radius 3 is 2.51 bits per heavy atom. The largest absolute Gasteiger partial charge is 0.573 e. The Balaban J connectivity index is 1.74. The number of benzene rings is 2. The summed E-state index contributed by atoms with van der Waals surface area (Å²) in [6, 6.07) is 15.5. The Kier molecular flexibility index (Phi) is 9.24. The molecule has 2 aromatic carbocycles. The minimum absolute atomic E-state index is 0.342. The smallest absolute Gasteiger partial charge is 0.427 e. The van der Waals surface area contributed by atoms with Gasteiger partial charge in [0, 0.05) is 32.5 Å². The third-order valence-electron chi connectivity index (χ3n) is 7.99. The summed E-state index contributed by atoms with van der Waals surface area (Å²) in [6.07, 6.45) is 0.649. The van der Waals surface area contributed by atoms with Crippen LogP contribution in [0.25, 0.3) is 6.08 Å². The lowest BCUT2D eigenvalue weighted by molar-refractivity contribution is -0.304. The highest BCUT2D eigenvalue weighted by atomic mass is 19.4. The van der Waals surface area contributed by atoms with Crippen molar-refractivity contribution in [1.82, 2.24) is 10.2 Å². The van der Waals surface area contributed by atoms with E-state index in [-0.39, 0.29) is 0 Å². The molecule has 0 bridgehead atoms. The average molecular weight is 573 g/mol. The number of halogens is 3. The topological polar surface area (TPSA) is 77.1 Å². The molecule has 2 aromatic rings. The van der Waals surface area contributed by atoms with Gasteiger partial charge in [-0.15, -0.1) is 19.8 Å². The second kappa shape index (κ2) is 12.5. The van der Waals surface area contributed by atoms with E-state index >= 15 is 0 Å². The molecular formula is C31H35F3N2O5. The zero-order valence-corrected chi connectivity index (χ0v) is 23.2. The van der Waals surface area contributed by atoms with Crippen LogP contribution in [0.3, 0.4) is 0 Å². The Morgan fingerprint density at radius 1 is 1.12 bits per heavy atom. The number of amides is 1. The molecule has 1 saturated heterocycles. The lowest BCUT2D eigenvalue weighted by atomic mass is 9.55. The number of nitrogens with one attached hydrogen (secondary N) is 1. The van der Waals surface area contributed by atoms with E-state index < -0.39 is 41.2 Å². The van der Waals surface area contributed by atoms with E-state index in [0.717, 1.165) is 30.9 Å². The van der Waals surface area contributed by atoms with Gasteiger partial charge in [-0.1, -0.05) is 61.4 Å². The molecule has 7 nitrogen and oxygen atoms in total. The maximum atomic E-state index is 13.4. The highest BCUT2D eigenvalue weighted by Gasteiger charge is 2.59. The van der Waals surface area contributed by atoms with E-state index in [1.165, 1.54) is 6.92 Å². The number of nitrogens with zero attached hydrogens (tertiary/aromatic N) is 1. The Labute approximate surface area is 238 Å². The van der Waals surface area contributed by atoms with Crippen LogP contribution in [0.5, 0.6) is 5.75 Å². The minimum atomic E-state index is -5.06. The quantitative estimate of drug-likeness (QED) is 0.136. The van der Waals surface area contributed by atoms with Crippen molar-refractivity contribution in [3.63, 3.8) is 0 Å². The minimum Gasteiger partial charge on any atom is -0.427 e. The molecule has 0 spiro atoms. The molecule has 2 aliphatic rings. The van der Waals surface area contributed by atoms with Crippen LogP contribution in [0.1, 0.15) is 50.2 Å². The van der Waals surface area contributed by atoms with Crippen molar-refractivity contribution < 1.29 is 37.0 Å². The van der Waals surface area contributed by atoms with Crippen LogP contribution in [0, 0.1) is 0 Å². The number of esters is 1. The van der Waals surface area contributed by atoms with Gasteiger partial charge in [0.15, 0.2) is 5.76 Å². The summed E-state index contributed by atoms with van der Waals surface area (Å²) in [5.74, 6) is -1.91. The van der Waals surface area contributed by atoms with E-state index in [1.807, 2.05) is 17.0 Å². The van der Waals surface area contributed by atoms with Gasteiger partial charge < -0.3 is 19.5 Å². The maximum Gasteiger partial charge on any atom is 0.573 e. The van der Waals surface area contributed by atoms with Gasteiger partial charge >= 0.3 is 12.3 Å². The molecule has 220 valence electrons. The summed E-state index contributed by atoms with van der Waals surface area (Å²) in [4.78, 5) is 27.1. The highest BCUT2D eigenvalue weighted by Crippen LogP contribution is 2.54. The maximum absolute atomic E-state index is 13.4. The number of likely N-dealkylation sites (tertiary alicyclic amines) is 1. The first-order valence-corrected chi connectivity index (χ1v) is 13.5. The predicted octanol–water partition coefficient (Wildman–Crippen LogP) is 5.72. The van der Waals surface area contributed by atoms with Crippen LogP contribution in [0.15, 0.2) is 73.0 Å². The molecule has 1 N–H and O–H groups in total. The average Bonchev–Trinajstić information content (AvgIpc) is 2.92. The zero-order chi connectivity index (χ0) is 29.7. The first-order chi connectivity index (χ1) is 19.5. The van der Waals surface area contributed by atoms with Gasteiger partial charge in [-0.05, 0) is 48.6 Å². The zero-order valence-electron chi connectivity index (χ0n) is 23.2. The monoisotopic (exact) mass is 572 g/mol. The van der Waals surface area contributed by atoms with Crippen LogP contribution < -0.4 is 10.1 Å². The van der Waals surface area contributed by atoms with E-state index in [1.54, 1.807) is 55.7 Å². The van der Waals surface area contributed by atoms with Crippen molar-refractivity contribution >= 4 is 18.0 Å². The van der Waals surface area contributed by atoms with Gasteiger partial charge in [-0.3, -0.25) is 14.5 Å². The normalized spacial score (nSPS) is 25.1. The number of ether oxygens (including phenoxy) is 3. The molecule has 2 fully saturated rings. The van der Waals surface area contributed by atoms with Crippen LogP contribution in [0.2, 0.25) is 0 Å². The van der Waals surface area contributed by atoms with Crippen LogP contribution >= 0.6 is 0 Å². The Hall–Kier alpha value is -3.63. The third-order valence-corrected chi connectivity index (χ3v) is 7.99. The van der Waals surface area contributed by atoms with Gasteiger partial charge in [0.1, 0.15) is 5.75 Å². The molecule has 41 heavy (non-hydrogen) atoms. The number of rotatable bonds is 9. The van der Waals surface area contributed by atoms with Crippen LogP contribution in [-0.2, 0) is 24.5 Å². The first kappa shape index (κ1) is 30.3. The fraction of sp³-hybridized carbons (Fsp3) is 0.419. The van der Waals surface area contributed by atoms with Crippen LogP contribution in [0.4, 0.5) is 13.2 Å².